The summed E-state index contributed by atoms with van der Waals surface area (Å²) in [5, 5.41) is 3.70. The molecule has 0 bridgehead atoms. The summed E-state index contributed by atoms with van der Waals surface area (Å²) in [6, 6.07) is 4.79. The van der Waals surface area contributed by atoms with E-state index in [0.29, 0.717) is 0 Å². The van der Waals surface area contributed by atoms with Gasteiger partial charge in [0.05, 0.1) is 11.9 Å². The van der Waals surface area contributed by atoms with Gasteiger partial charge in [0, 0.05) is 13.2 Å². The summed E-state index contributed by atoms with van der Waals surface area (Å²) in [5.41, 5.74) is -0.362. The smallest absolute Gasteiger partial charge is 0.278 e. The molecular weight excluding hydrogens is 309 g/mol. The highest BCUT2D eigenvalue weighted by Crippen LogP contribution is 2.25. The Balaban J connectivity index is 2.46. The molecule has 2 aromatic rings. The first-order valence-corrected chi connectivity index (χ1v) is 8.12. The van der Waals surface area contributed by atoms with Crippen LogP contribution >= 0.6 is 0 Å². The van der Waals surface area contributed by atoms with E-state index < -0.39 is 25.1 Å². The maximum Gasteiger partial charge on any atom is 0.334 e. The molecule has 0 aliphatic carbocycles. The van der Waals surface area contributed by atoms with Gasteiger partial charge in [0.2, 0.25) is 0 Å². The lowest BCUT2D eigenvalue weighted by Crippen LogP contribution is -2.14. The van der Waals surface area contributed by atoms with Crippen LogP contribution in [-0.2, 0) is 27.3 Å². The Morgan fingerprint density at radius 3 is 2.40 bits per heavy atom. The molecule has 0 spiro atoms. The first kappa shape index (κ1) is 14.5. The van der Waals surface area contributed by atoms with Gasteiger partial charge in [-0.25, -0.2) is 8.42 Å². The van der Waals surface area contributed by atoms with Crippen LogP contribution in [0.3, 0.4) is 0 Å². The number of sulfonamides is 1. The summed E-state index contributed by atoms with van der Waals surface area (Å²) in [4.78, 5) is -0.904. The molecule has 1 aromatic heterocycles. The lowest BCUT2D eigenvalue weighted by atomic mass is 10.3. The van der Waals surface area contributed by atoms with E-state index in [9.17, 15) is 20.7 Å². The summed E-state index contributed by atoms with van der Waals surface area (Å²) in [7, 11) is -7.54. The monoisotopic (exact) mass is 319 g/mol. The number of nitrogens with one attached hydrogen (secondary N) is 1. The molecule has 0 unspecified atom stereocenters. The van der Waals surface area contributed by atoms with Crippen LogP contribution < -0.4 is 4.72 Å². The summed E-state index contributed by atoms with van der Waals surface area (Å²) in [6.07, 6.45) is 2.32. The standard InChI is InChI=1S/C10H10FN3O4S2/c1-14-7-8(6-12-14)20(17,18)13-9-4-2-3-5-10(9)19(11,15)16/h2-7,13H,1H3. The molecule has 0 fully saturated rings. The predicted molar refractivity (Wildman–Crippen MR) is 68.8 cm³/mol. The van der Waals surface area contributed by atoms with Crippen molar-refractivity contribution in [2.45, 2.75) is 9.79 Å². The second-order valence-electron chi connectivity index (χ2n) is 3.89. The van der Waals surface area contributed by atoms with Crippen LogP contribution in [0.2, 0.25) is 0 Å². The van der Waals surface area contributed by atoms with Crippen LogP contribution in [0.4, 0.5) is 9.57 Å². The minimum atomic E-state index is -5.03. The van der Waals surface area contributed by atoms with Crippen LogP contribution in [0.1, 0.15) is 0 Å². The van der Waals surface area contributed by atoms with E-state index in [1.54, 1.807) is 0 Å². The van der Waals surface area contributed by atoms with E-state index in [2.05, 4.69) is 5.10 Å². The fourth-order valence-electron chi connectivity index (χ4n) is 1.50. The second-order valence-corrected chi connectivity index (χ2v) is 6.89. The summed E-state index contributed by atoms with van der Waals surface area (Å²) >= 11 is 0. The molecule has 1 heterocycles. The van der Waals surface area contributed by atoms with Gasteiger partial charge in [0.25, 0.3) is 10.0 Å². The minimum absolute atomic E-state index is 0.161. The minimum Gasteiger partial charge on any atom is -0.278 e. The highest BCUT2D eigenvalue weighted by atomic mass is 32.3. The van der Waals surface area contributed by atoms with Crippen molar-refractivity contribution in [2.24, 2.45) is 7.05 Å². The fourth-order valence-corrected chi connectivity index (χ4v) is 3.25. The molecule has 108 valence electrons. The van der Waals surface area contributed by atoms with Crippen molar-refractivity contribution in [3.05, 3.63) is 36.7 Å². The number of nitrogens with zero attached hydrogens (tertiary/aromatic N) is 2. The number of hydrogen-bond acceptors (Lipinski definition) is 5. The number of aryl methyl sites for hydroxylation is 1. The number of hydrogen-bond donors (Lipinski definition) is 1. The van der Waals surface area contributed by atoms with Crippen LogP contribution in [-0.4, -0.2) is 26.6 Å². The Labute approximate surface area is 115 Å². The van der Waals surface area contributed by atoms with Gasteiger partial charge in [0.15, 0.2) is 0 Å². The topological polar surface area (TPSA) is 98.1 Å². The molecule has 1 N–H and O–H groups in total. The maximum absolute atomic E-state index is 13.1. The molecule has 10 heteroatoms. The fraction of sp³-hybridized carbons (Fsp3) is 0.100. The SMILES string of the molecule is Cn1cc(S(=O)(=O)Nc2ccccc2S(=O)(=O)F)cn1. The Morgan fingerprint density at radius 1 is 1.20 bits per heavy atom. The highest BCUT2D eigenvalue weighted by molar-refractivity contribution is 7.93. The third-order valence-electron chi connectivity index (χ3n) is 2.39. The molecular formula is C10H10FN3O4S2. The van der Waals surface area contributed by atoms with E-state index in [-0.39, 0.29) is 10.6 Å². The molecule has 7 nitrogen and oxygen atoms in total. The van der Waals surface area contributed by atoms with Crippen molar-refractivity contribution in [1.82, 2.24) is 9.78 Å². The van der Waals surface area contributed by atoms with Crippen molar-refractivity contribution in [2.75, 3.05) is 4.72 Å². The number of benzene rings is 1. The molecule has 0 radical (unpaired) electrons. The molecule has 20 heavy (non-hydrogen) atoms. The highest BCUT2D eigenvalue weighted by Gasteiger charge is 2.22. The largest absolute Gasteiger partial charge is 0.334 e. The lowest BCUT2D eigenvalue weighted by molar-refractivity contribution is 0.552. The van der Waals surface area contributed by atoms with Crippen LogP contribution in [0.5, 0.6) is 0 Å². The Hall–Kier alpha value is -1.94. The van der Waals surface area contributed by atoms with E-state index in [1.807, 2.05) is 4.72 Å². The Morgan fingerprint density at radius 2 is 1.85 bits per heavy atom. The zero-order valence-corrected chi connectivity index (χ0v) is 11.8. The van der Waals surface area contributed by atoms with Gasteiger partial charge in [-0.2, -0.15) is 13.5 Å². The first-order valence-electron chi connectivity index (χ1n) is 5.25. The number of anilines is 1. The number of aromatic nitrogens is 2. The van der Waals surface area contributed by atoms with Gasteiger partial charge >= 0.3 is 10.2 Å². The molecule has 0 atom stereocenters. The Bertz CT molecular complexity index is 843. The molecule has 0 aliphatic heterocycles. The van der Waals surface area contributed by atoms with Gasteiger partial charge in [-0.3, -0.25) is 9.40 Å². The van der Waals surface area contributed by atoms with Gasteiger partial charge < -0.3 is 0 Å². The number of rotatable bonds is 4. The molecule has 2 rings (SSSR count). The average Bonchev–Trinajstić information content (AvgIpc) is 2.75. The van der Waals surface area contributed by atoms with Crippen molar-refractivity contribution in [3.63, 3.8) is 0 Å². The van der Waals surface area contributed by atoms with Crippen molar-refractivity contribution >= 4 is 25.9 Å². The normalized spacial score (nSPS) is 12.3. The van der Waals surface area contributed by atoms with E-state index in [0.717, 1.165) is 18.3 Å². The summed E-state index contributed by atoms with van der Waals surface area (Å²) in [5.74, 6) is 0. The average molecular weight is 319 g/mol. The number of para-hydroxylation sites is 1. The lowest BCUT2D eigenvalue weighted by Gasteiger charge is -2.08. The summed E-state index contributed by atoms with van der Waals surface area (Å²) in [6.45, 7) is 0. The molecule has 0 saturated carbocycles. The molecule has 1 aromatic carbocycles. The van der Waals surface area contributed by atoms with E-state index in [1.165, 1.54) is 30.1 Å². The number of halogens is 1. The van der Waals surface area contributed by atoms with Gasteiger partial charge in [0.1, 0.15) is 9.79 Å². The van der Waals surface area contributed by atoms with Crippen LogP contribution in [0, 0.1) is 0 Å². The van der Waals surface area contributed by atoms with Crippen molar-refractivity contribution in [3.8, 4) is 0 Å². The summed E-state index contributed by atoms with van der Waals surface area (Å²) < 4.78 is 62.3. The third-order valence-corrected chi connectivity index (χ3v) is 4.59. The first-order chi connectivity index (χ1) is 9.20. The quantitative estimate of drug-likeness (QED) is 0.844. The zero-order chi connectivity index (χ0) is 15.0. The van der Waals surface area contributed by atoms with Gasteiger partial charge in [-0.15, -0.1) is 3.89 Å². The molecule has 0 aliphatic rings. The molecule has 0 amide bonds. The third kappa shape index (κ3) is 2.96. The second kappa shape index (κ2) is 4.87. The van der Waals surface area contributed by atoms with Crippen LogP contribution in [0.25, 0.3) is 0 Å². The molecule has 0 saturated heterocycles. The Kier molecular flexibility index (Phi) is 3.52. The maximum atomic E-state index is 13.1. The van der Waals surface area contributed by atoms with E-state index >= 15 is 0 Å². The van der Waals surface area contributed by atoms with Gasteiger partial charge in [-0.1, -0.05) is 12.1 Å². The van der Waals surface area contributed by atoms with Crippen molar-refractivity contribution in [1.29, 1.82) is 0 Å². The zero-order valence-electron chi connectivity index (χ0n) is 10.2. The van der Waals surface area contributed by atoms with E-state index in [4.69, 9.17) is 0 Å². The predicted octanol–water partition coefficient (Wildman–Crippen LogP) is 0.879. The van der Waals surface area contributed by atoms with Crippen molar-refractivity contribution < 1.29 is 20.7 Å². The van der Waals surface area contributed by atoms with Gasteiger partial charge in [-0.05, 0) is 12.1 Å². The van der Waals surface area contributed by atoms with Crippen LogP contribution in [0.15, 0.2) is 46.5 Å².